The van der Waals surface area contributed by atoms with Crippen molar-refractivity contribution in [2.24, 2.45) is 5.92 Å². The molecule has 1 N–H and O–H groups in total. The highest BCUT2D eigenvalue weighted by molar-refractivity contribution is 7.89. The third-order valence-corrected chi connectivity index (χ3v) is 5.02. The Morgan fingerprint density at radius 1 is 1.36 bits per heavy atom. The van der Waals surface area contributed by atoms with Crippen LogP contribution in [0.5, 0.6) is 0 Å². The molecule has 0 fully saturated rings. The fraction of sp³-hybridized carbons (Fsp3) is 0.286. The molecule has 0 amide bonds. The van der Waals surface area contributed by atoms with Crippen molar-refractivity contribution in [1.82, 2.24) is 14.1 Å². The Morgan fingerprint density at radius 3 is 2.59 bits per heavy atom. The predicted octanol–water partition coefficient (Wildman–Crippen LogP) is 1.21. The molecule has 1 aromatic heterocycles. The summed E-state index contributed by atoms with van der Waals surface area (Å²) in [7, 11) is -2.41. The van der Waals surface area contributed by atoms with Gasteiger partial charge in [-0.15, -0.1) is 0 Å². The largest absolute Gasteiger partial charge is 0.481 e. The quantitative estimate of drug-likeness (QED) is 0.862. The van der Waals surface area contributed by atoms with Gasteiger partial charge in [-0.3, -0.25) is 4.79 Å². The zero-order valence-corrected chi connectivity index (χ0v) is 13.1. The molecular weight excluding hydrogens is 306 g/mol. The highest BCUT2D eigenvalue weighted by atomic mass is 32.2. The number of nitrogens with zero attached hydrogens (tertiary/aromatic N) is 3. The van der Waals surface area contributed by atoms with E-state index in [-0.39, 0.29) is 11.4 Å². The molecule has 8 heteroatoms. The first kappa shape index (κ1) is 16.2. The van der Waals surface area contributed by atoms with Crippen LogP contribution in [-0.2, 0) is 14.8 Å². The second kappa shape index (κ2) is 6.29. The predicted molar refractivity (Wildman–Crippen MR) is 80.2 cm³/mol. The van der Waals surface area contributed by atoms with E-state index in [9.17, 15) is 13.2 Å². The molecule has 7 nitrogen and oxygen atoms in total. The van der Waals surface area contributed by atoms with Gasteiger partial charge in [0.1, 0.15) is 4.90 Å². The molecule has 0 aliphatic heterocycles. The van der Waals surface area contributed by atoms with Crippen LogP contribution in [0.15, 0.2) is 47.6 Å². The van der Waals surface area contributed by atoms with Gasteiger partial charge >= 0.3 is 5.97 Å². The van der Waals surface area contributed by atoms with Gasteiger partial charge in [-0.1, -0.05) is 25.1 Å². The van der Waals surface area contributed by atoms with Crippen LogP contribution in [-0.4, -0.2) is 47.2 Å². The highest BCUT2D eigenvalue weighted by Gasteiger charge is 2.26. The van der Waals surface area contributed by atoms with Crippen molar-refractivity contribution in [3.8, 4) is 5.69 Å². The van der Waals surface area contributed by atoms with Crippen LogP contribution in [0.3, 0.4) is 0 Å². The van der Waals surface area contributed by atoms with E-state index >= 15 is 0 Å². The first-order chi connectivity index (χ1) is 10.3. The number of hydrogen-bond donors (Lipinski definition) is 1. The first-order valence-corrected chi connectivity index (χ1v) is 8.05. The molecule has 0 saturated carbocycles. The van der Waals surface area contributed by atoms with Crippen LogP contribution in [0.25, 0.3) is 5.69 Å². The lowest BCUT2D eigenvalue weighted by Crippen LogP contribution is -2.33. The molecule has 22 heavy (non-hydrogen) atoms. The molecule has 0 radical (unpaired) electrons. The molecular formula is C14H17N3O4S. The molecule has 0 bridgehead atoms. The van der Waals surface area contributed by atoms with Gasteiger partial charge in [0.2, 0.25) is 10.0 Å². The average Bonchev–Trinajstić information content (AvgIpc) is 2.98. The van der Waals surface area contributed by atoms with Crippen molar-refractivity contribution in [2.75, 3.05) is 13.6 Å². The summed E-state index contributed by atoms with van der Waals surface area (Å²) >= 11 is 0. The van der Waals surface area contributed by atoms with Gasteiger partial charge < -0.3 is 5.11 Å². The SMILES string of the molecule is CC(CN(C)S(=O)(=O)c1cnn(-c2ccccc2)c1)C(=O)O. The van der Waals surface area contributed by atoms with Gasteiger partial charge in [0, 0.05) is 13.6 Å². The van der Waals surface area contributed by atoms with Crippen molar-refractivity contribution < 1.29 is 18.3 Å². The van der Waals surface area contributed by atoms with Crippen molar-refractivity contribution >= 4 is 16.0 Å². The average molecular weight is 323 g/mol. The number of carboxylic acids is 1. The van der Waals surface area contributed by atoms with E-state index < -0.39 is 21.9 Å². The number of hydrogen-bond acceptors (Lipinski definition) is 4. The van der Waals surface area contributed by atoms with Crippen LogP contribution in [0.1, 0.15) is 6.92 Å². The van der Waals surface area contributed by atoms with E-state index in [1.165, 1.54) is 31.0 Å². The Labute approximate surface area is 128 Å². The minimum atomic E-state index is -3.77. The fourth-order valence-corrected chi connectivity index (χ4v) is 3.10. The maximum absolute atomic E-state index is 12.4. The lowest BCUT2D eigenvalue weighted by molar-refractivity contribution is -0.141. The minimum absolute atomic E-state index is 0.0245. The lowest BCUT2D eigenvalue weighted by atomic mass is 10.2. The Kier molecular flexibility index (Phi) is 4.62. The summed E-state index contributed by atoms with van der Waals surface area (Å²) < 4.78 is 27.3. The van der Waals surface area contributed by atoms with E-state index in [1.807, 2.05) is 18.2 Å². The maximum Gasteiger partial charge on any atom is 0.307 e. The van der Waals surface area contributed by atoms with E-state index in [0.29, 0.717) is 0 Å². The molecule has 2 aromatic rings. The van der Waals surface area contributed by atoms with E-state index in [1.54, 1.807) is 12.1 Å². The number of carbonyl (C=O) groups is 1. The number of carboxylic acid groups (broad SMARTS) is 1. The molecule has 0 saturated heterocycles. The molecule has 0 aliphatic rings. The molecule has 0 spiro atoms. The Balaban J connectivity index is 2.24. The van der Waals surface area contributed by atoms with Gasteiger partial charge in [0.25, 0.3) is 0 Å². The standard InChI is InChI=1S/C14H17N3O4S/c1-11(14(18)19)9-16(2)22(20,21)13-8-15-17(10-13)12-6-4-3-5-7-12/h3-8,10-11H,9H2,1-2H3,(H,18,19). The molecule has 1 atom stereocenters. The summed E-state index contributed by atoms with van der Waals surface area (Å²) in [5, 5.41) is 12.9. The van der Waals surface area contributed by atoms with Crippen molar-refractivity contribution in [2.45, 2.75) is 11.8 Å². The maximum atomic E-state index is 12.4. The van der Waals surface area contributed by atoms with E-state index in [2.05, 4.69) is 5.10 Å². The highest BCUT2D eigenvalue weighted by Crippen LogP contribution is 2.17. The molecule has 2 rings (SSSR count). The second-order valence-corrected chi connectivity index (χ2v) is 7.03. The lowest BCUT2D eigenvalue weighted by Gasteiger charge is -2.18. The summed E-state index contributed by atoms with van der Waals surface area (Å²) in [6.07, 6.45) is 2.66. The van der Waals surface area contributed by atoms with Gasteiger partial charge in [-0.2, -0.15) is 9.40 Å². The van der Waals surface area contributed by atoms with Crippen molar-refractivity contribution in [3.05, 3.63) is 42.7 Å². The van der Waals surface area contributed by atoms with Crippen LogP contribution >= 0.6 is 0 Å². The number of aliphatic carboxylic acids is 1. The smallest absolute Gasteiger partial charge is 0.307 e. The summed E-state index contributed by atoms with van der Waals surface area (Å²) in [6.45, 7) is 1.36. The summed E-state index contributed by atoms with van der Waals surface area (Å²) in [6, 6.07) is 9.11. The molecule has 1 unspecified atom stereocenters. The Bertz CT molecular complexity index is 755. The topological polar surface area (TPSA) is 92.5 Å². The van der Waals surface area contributed by atoms with Gasteiger partial charge in [-0.25, -0.2) is 13.1 Å². The Hall–Kier alpha value is -2.19. The Morgan fingerprint density at radius 2 is 2.00 bits per heavy atom. The summed E-state index contributed by atoms with van der Waals surface area (Å²) in [5.74, 6) is -1.83. The normalized spacial score (nSPS) is 13.2. The number of sulfonamides is 1. The summed E-state index contributed by atoms with van der Waals surface area (Å²) in [4.78, 5) is 10.9. The zero-order chi connectivity index (χ0) is 16.3. The van der Waals surface area contributed by atoms with Gasteiger partial charge in [0.05, 0.1) is 24.0 Å². The van der Waals surface area contributed by atoms with Crippen LogP contribution in [0.2, 0.25) is 0 Å². The summed E-state index contributed by atoms with van der Waals surface area (Å²) in [5.41, 5.74) is 0.741. The number of aromatic nitrogens is 2. The number of benzene rings is 1. The second-order valence-electron chi connectivity index (χ2n) is 4.98. The molecule has 1 heterocycles. The minimum Gasteiger partial charge on any atom is -0.481 e. The van der Waals surface area contributed by atoms with Crippen molar-refractivity contribution in [1.29, 1.82) is 0 Å². The first-order valence-electron chi connectivity index (χ1n) is 6.61. The number of rotatable bonds is 6. The van der Waals surface area contributed by atoms with E-state index in [4.69, 9.17) is 5.11 Å². The van der Waals surface area contributed by atoms with Crippen LogP contribution in [0.4, 0.5) is 0 Å². The van der Waals surface area contributed by atoms with Crippen molar-refractivity contribution in [3.63, 3.8) is 0 Å². The van der Waals surface area contributed by atoms with E-state index in [0.717, 1.165) is 9.99 Å². The molecule has 1 aromatic carbocycles. The van der Waals surface area contributed by atoms with Crippen LogP contribution in [0, 0.1) is 5.92 Å². The molecule has 118 valence electrons. The third-order valence-electron chi connectivity index (χ3n) is 3.24. The van der Waals surface area contributed by atoms with Gasteiger partial charge in [-0.05, 0) is 12.1 Å². The fourth-order valence-electron chi connectivity index (χ4n) is 1.90. The number of para-hydroxylation sites is 1. The van der Waals surface area contributed by atoms with Gasteiger partial charge in [0.15, 0.2) is 0 Å². The molecule has 0 aliphatic carbocycles. The monoisotopic (exact) mass is 323 g/mol. The third kappa shape index (κ3) is 3.34. The van der Waals surface area contributed by atoms with Crippen LogP contribution < -0.4 is 0 Å². The zero-order valence-electron chi connectivity index (χ0n) is 12.2.